The fraction of sp³-hybridized carbons (Fsp3) is 0.286. The molecule has 2 heterocycles. The number of nitrogens with zero attached hydrogens (tertiary/aromatic N) is 2. The lowest BCUT2D eigenvalue weighted by Crippen LogP contribution is -2.60. The summed E-state index contributed by atoms with van der Waals surface area (Å²) in [5.74, 6) is 0.187. The summed E-state index contributed by atoms with van der Waals surface area (Å²) in [4.78, 5) is 32.3. The lowest BCUT2D eigenvalue weighted by Gasteiger charge is -2.42. The van der Waals surface area contributed by atoms with Crippen LogP contribution in [-0.4, -0.2) is 35.4 Å². The summed E-state index contributed by atoms with van der Waals surface area (Å²) >= 11 is 18.5. The van der Waals surface area contributed by atoms with Gasteiger partial charge in [0, 0.05) is 68.9 Å². The van der Waals surface area contributed by atoms with Gasteiger partial charge in [-0.2, -0.15) is 0 Å². The van der Waals surface area contributed by atoms with Crippen LogP contribution in [0.4, 0.5) is 17.1 Å². The van der Waals surface area contributed by atoms with E-state index in [4.69, 9.17) is 34.8 Å². The lowest BCUT2D eigenvalue weighted by molar-refractivity contribution is -0.121. The highest BCUT2D eigenvalue weighted by molar-refractivity contribution is 6.31. The van der Waals surface area contributed by atoms with Gasteiger partial charge in [0.25, 0.3) is 0 Å². The van der Waals surface area contributed by atoms with Gasteiger partial charge in [-0.3, -0.25) is 9.59 Å². The Labute approximate surface area is 223 Å². The normalized spacial score (nSPS) is 31.9. The molecule has 2 aliphatic heterocycles. The standard InChI is InChI=1S/C28H22Cl3N3O2/c29-15-1-7-18(8-2-15)32-28-24(36)14-22-26(28)25-21(33(22)19-9-3-16(30)4-10-19)13-23(35)27(25)34(28)20-11-5-17(31)6-12-20/h1-12,21-22,25-27,32H,13-14H2/t21-,22+,25-,26-,27-,28-/m0/s1. The van der Waals surface area contributed by atoms with E-state index in [9.17, 15) is 9.59 Å². The van der Waals surface area contributed by atoms with Gasteiger partial charge >= 0.3 is 0 Å². The van der Waals surface area contributed by atoms with Crippen molar-refractivity contribution in [3.05, 3.63) is 87.9 Å². The largest absolute Gasteiger partial charge is 0.364 e. The topological polar surface area (TPSA) is 52.7 Å². The van der Waals surface area contributed by atoms with Gasteiger partial charge in [-0.05, 0) is 72.8 Å². The molecule has 1 N–H and O–H groups in total. The third-order valence-corrected chi connectivity index (χ3v) is 9.22. The SMILES string of the molecule is O=C1C[C@H]2[C@H]3[C@@H]4[C@@H](CC(=O)[C@]4(Nc4ccc(Cl)cc4)N(c4ccc(Cl)cc4)[C@@H]13)N2c1ccc(Cl)cc1. The molecule has 8 heteroatoms. The van der Waals surface area contributed by atoms with Crippen LogP contribution in [0.15, 0.2) is 72.8 Å². The van der Waals surface area contributed by atoms with Crippen molar-refractivity contribution in [1.82, 2.24) is 0 Å². The van der Waals surface area contributed by atoms with E-state index in [1.54, 1.807) is 0 Å². The van der Waals surface area contributed by atoms with Gasteiger partial charge in [-0.1, -0.05) is 34.8 Å². The van der Waals surface area contributed by atoms with E-state index in [1.807, 2.05) is 72.8 Å². The van der Waals surface area contributed by atoms with Gasteiger partial charge in [-0.25, -0.2) is 0 Å². The highest BCUT2D eigenvalue weighted by Gasteiger charge is 2.78. The van der Waals surface area contributed by atoms with Crippen molar-refractivity contribution in [2.24, 2.45) is 11.8 Å². The molecule has 0 amide bonds. The van der Waals surface area contributed by atoms with Gasteiger partial charge < -0.3 is 15.1 Å². The zero-order chi connectivity index (χ0) is 24.8. The number of anilines is 3. The van der Waals surface area contributed by atoms with E-state index in [1.165, 1.54) is 0 Å². The van der Waals surface area contributed by atoms with E-state index in [0.717, 1.165) is 17.1 Å². The third-order valence-electron chi connectivity index (χ3n) is 8.46. The Kier molecular flexibility index (Phi) is 4.92. The molecule has 0 radical (unpaired) electrons. The summed E-state index contributed by atoms with van der Waals surface area (Å²) in [7, 11) is 0. The smallest absolute Gasteiger partial charge is 0.181 e. The van der Waals surface area contributed by atoms with Crippen LogP contribution < -0.4 is 15.1 Å². The Bertz CT molecular complexity index is 1380. The molecular weight excluding hydrogens is 517 g/mol. The molecule has 0 bridgehead atoms. The number of benzene rings is 3. The first-order valence-corrected chi connectivity index (χ1v) is 13.2. The first-order valence-electron chi connectivity index (χ1n) is 12.1. The average molecular weight is 539 g/mol. The van der Waals surface area contributed by atoms with Crippen molar-refractivity contribution >= 4 is 63.4 Å². The lowest BCUT2D eigenvalue weighted by atomic mass is 9.86. The summed E-state index contributed by atoms with van der Waals surface area (Å²) in [6.45, 7) is 0. The van der Waals surface area contributed by atoms with Crippen LogP contribution in [0.5, 0.6) is 0 Å². The van der Waals surface area contributed by atoms with Gasteiger partial charge in [0.05, 0.1) is 6.04 Å². The molecule has 2 saturated carbocycles. The summed E-state index contributed by atoms with van der Waals surface area (Å²) in [6, 6.07) is 22.2. The minimum Gasteiger partial charge on any atom is -0.364 e. The molecule has 7 rings (SSSR count). The Morgan fingerprint density at radius 1 is 0.722 bits per heavy atom. The van der Waals surface area contributed by atoms with Crippen molar-refractivity contribution in [3.8, 4) is 0 Å². The Balaban J connectivity index is 1.41. The maximum Gasteiger partial charge on any atom is 0.181 e. The molecule has 4 fully saturated rings. The van der Waals surface area contributed by atoms with Crippen molar-refractivity contribution in [2.45, 2.75) is 36.6 Å². The second kappa shape index (κ2) is 7.88. The monoisotopic (exact) mass is 537 g/mol. The predicted octanol–water partition coefficient (Wildman–Crippen LogP) is 6.08. The highest BCUT2D eigenvalue weighted by Crippen LogP contribution is 2.63. The van der Waals surface area contributed by atoms with Gasteiger partial charge in [0.15, 0.2) is 17.2 Å². The van der Waals surface area contributed by atoms with Gasteiger partial charge in [0.1, 0.15) is 0 Å². The number of ketones is 2. The van der Waals surface area contributed by atoms with Crippen LogP contribution in [0.2, 0.25) is 15.1 Å². The van der Waals surface area contributed by atoms with E-state index in [2.05, 4.69) is 15.1 Å². The van der Waals surface area contributed by atoms with Crippen molar-refractivity contribution in [3.63, 3.8) is 0 Å². The molecular formula is C28H22Cl3N3O2. The second-order valence-electron chi connectivity index (χ2n) is 10.1. The summed E-state index contributed by atoms with van der Waals surface area (Å²) in [5.41, 5.74) is 1.56. The van der Waals surface area contributed by atoms with Gasteiger partial charge in [0.2, 0.25) is 0 Å². The summed E-state index contributed by atoms with van der Waals surface area (Å²) < 4.78 is 0. The third kappa shape index (κ3) is 2.97. The molecule has 3 aromatic rings. The molecule has 6 atom stereocenters. The van der Waals surface area contributed by atoms with Crippen molar-refractivity contribution in [2.75, 3.05) is 15.1 Å². The molecule has 0 aromatic heterocycles. The number of carbonyl (C=O) groups is 2. The predicted molar refractivity (Wildman–Crippen MR) is 143 cm³/mol. The van der Waals surface area contributed by atoms with Gasteiger partial charge in [-0.15, -0.1) is 0 Å². The van der Waals surface area contributed by atoms with Crippen LogP contribution in [-0.2, 0) is 9.59 Å². The molecule has 36 heavy (non-hydrogen) atoms. The number of rotatable bonds is 4. The fourth-order valence-electron chi connectivity index (χ4n) is 7.36. The highest BCUT2D eigenvalue weighted by atomic mass is 35.5. The quantitative estimate of drug-likeness (QED) is 0.436. The molecule has 0 unspecified atom stereocenters. The zero-order valence-corrected chi connectivity index (χ0v) is 21.3. The van der Waals surface area contributed by atoms with E-state index >= 15 is 0 Å². The number of hydrogen-bond acceptors (Lipinski definition) is 5. The molecule has 5 nitrogen and oxygen atoms in total. The van der Waals surface area contributed by atoms with Crippen LogP contribution in [0.3, 0.4) is 0 Å². The van der Waals surface area contributed by atoms with Crippen molar-refractivity contribution < 1.29 is 9.59 Å². The van der Waals surface area contributed by atoms with E-state index in [-0.39, 0.29) is 35.5 Å². The minimum atomic E-state index is -1.06. The minimum absolute atomic E-state index is 0.0140. The number of hydrogen-bond donors (Lipinski definition) is 1. The number of carbonyl (C=O) groups excluding carboxylic acids is 2. The van der Waals surface area contributed by atoms with E-state index in [0.29, 0.717) is 27.9 Å². The number of halogens is 3. The Hall–Kier alpha value is -2.73. The summed E-state index contributed by atoms with van der Waals surface area (Å²) in [6.07, 6.45) is 0.853. The number of nitrogens with one attached hydrogen (secondary N) is 1. The maximum atomic E-state index is 14.2. The first-order chi connectivity index (χ1) is 17.4. The van der Waals surface area contributed by atoms with Crippen LogP contribution in [0, 0.1) is 11.8 Å². The molecule has 0 spiro atoms. The van der Waals surface area contributed by atoms with E-state index < -0.39 is 11.7 Å². The zero-order valence-electron chi connectivity index (χ0n) is 19.1. The van der Waals surface area contributed by atoms with Crippen molar-refractivity contribution in [1.29, 1.82) is 0 Å². The van der Waals surface area contributed by atoms with Crippen LogP contribution >= 0.6 is 34.8 Å². The Morgan fingerprint density at radius 2 is 1.28 bits per heavy atom. The molecule has 4 aliphatic rings. The maximum absolute atomic E-state index is 14.2. The van der Waals surface area contributed by atoms with Crippen LogP contribution in [0.1, 0.15) is 12.8 Å². The number of Topliss-reactive ketones (excluding diaryl/α,β-unsaturated/α-hetero) is 2. The Morgan fingerprint density at radius 3 is 1.89 bits per heavy atom. The molecule has 182 valence electrons. The second-order valence-corrected chi connectivity index (χ2v) is 11.4. The fourth-order valence-corrected chi connectivity index (χ4v) is 7.73. The molecule has 2 saturated heterocycles. The summed E-state index contributed by atoms with van der Waals surface area (Å²) in [5, 5.41) is 5.52. The first kappa shape index (κ1) is 22.5. The molecule has 3 aromatic carbocycles. The average Bonchev–Trinajstić information content (AvgIpc) is 3.53. The molecule has 2 aliphatic carbocycles. The van der Waals surface area contributed by atoms with Crippen LogP contribution in [0.25, 0.3) is 0 Å².